The topological polar surface area (TPSA) is 156 Å². The van der Waals surface area contributed by atoms with E-state index < -0.39 is 0 Å². The Morgan fingerprint density at radius 1 is 1.11 bits per heavy atom. The number of carbonyl (C=O) groups is 3. The SMILES string of the molecule is Cc1nc(=O)[nH]c(C)c1CCC(=O)NC1C2CN3CCN(C2)CC1(c1ccccc1)C3.O=CO.O=CO. The van der Waals surface area contributed by atoms with Gasteiger partial charge in [0.2, 0.25) is 5.91 Å². The maximum Gasteiger partial charge on any atom is 0.345 e. The fourth-order valence-corrected chi connectivity index (χ4v) is 6.18. The van der Waals surface area contributed by atoms with Crippen molar-refractivity contribution in [3.63, 3.8) is 0 Å². The number of nitrogens with zero attached hydrogens (tertiary/aromatic N) is 3. The molecule has 6 rings (SSSR count). The fraction of sp³-hybridized carbons (Fsp3) is 0.500. The molecule has 4 N–H and O–H groups in total. The predicted molar refractivity (Wildman–Crippen MR) is 136 cm³/mol. The van der Waals surface area contributed by atoms with Crippen molar-refractivity contribution >= 4 is 18.9 Å². The van der Waals surface area contributed by atoms with Crippen molar-refractivity contribution < 1.29 is 24.6 Å². The molecule has 4 bridgehead atoms. The van der Waals surface area contributed by atoms with Gasteiger partial charge in [-0.2, -0.15) is 4.98 Å². The highest BCUT2D eigenvalue weighted by Gasteiger charge is 2.55. The number of H-pyrrole nitrogens is 1. The van der Waals surface area contributed by atoms with Crippen LogP contribution in [0.3, 0.4) is 0 Å². The molecule has 3 atom stereocenters. The average molecular weight is 514 g/mol. The van der Waals surface area contributed by atoms with E-state index in [1.165, 1.54) is 5.56 Å². The number of aryl methyl sites for hydroxylation is 2. The monoisotopic (exact) mass is 513 g/mol. The minimum Gasteiger partial charge on any atom is -0.483 e. The zero-order chi connectivity index (χ0) is 27.0. The quantitative estimate of drug-likeness (QED) is 0.416. The molecule has 11 heteroatoms. The van der Waals surface area contributed by atoms with Crippen LogP contribution in [0, 0.1) is 19.8 Å². The summed E-state index contributed by atoms with van der Waals surface area (Å²) >= 11 is 0. The largest absolute Gasteiger partial charge is 0.483 e. The Balaban J connectivity index is 0.000000580. The second-order valence-corrected chi connectivity index (χ2v) is 9.74. The van der Waals surface area contributed by atoms with E-state index in [0.717, 1.165) is 50.5 Å². The third kappa shape index (κ3) is 6.41. The standard InChI is InChI=1S/C24H31N5O2.2CH2O2/c1-16-20(17(2)26-23(31)25-16)8-9-21(30)27-22-18-12-28-10-11-29(13-18)15-24(22,14-28)19-6-4-3-5-7-19;2*2-1-3/h3-7,18,22H,8-15H2,1-2H3,(H,27,30)(H,25,26,31);2*1H,(H,2,3). The lowest BCUT2D eigenvalue weighted by atomic mass is 9.64. The summed E-state index contributed by atoms with van der Waals surface area (Å²) < 4.78 is 0. The predicted octanol–water partition coefficient (Wildman–Crippen LogP) is 0.405. The van der Waals surface area contributed by atoms with Gasteiger partial charge in [-0.15, -0.1) is 0 Å². The van der Waals surface area contributed by atoms with Gasteiger partial charge in [-0.25, -0.2) is 4.79 Å². The lowest BCUT2D eigenvalue weighted by Gasteiger charge is -2.55. The van der Waals surface area contributed by atoms with Crippen LogP contribution in [0.1, 0.15) is 28.9 Å². The number of nitrogens with one attached hydrogen (secondary N) is 2. The molecular formula is C26H35N5O6. The first kappa shape index (κ1) is 28.0. The highest BCUT2D eigenvalue weighted by atomic mass is 16.3. The van der Waals surface area contributed by atoms with Gasteiger partial charge in [0.15, 0.2) is 0 Å². The first-order valence-electron chi connectivity index (χ1n) is 12.3. The van der Waals surface area contributed by atoms with Crippen LogP contribution in [-0.4, -0.2) is 94.1 Å². The third-order valence-electron chi connectivity index (χ3n) is 7.52. The minimum absolute atomic E-state index is 0.0695. The first-order valence-corrected chi connectivity index (χ1v) is 12.3. The maximum absolute atomic E-state index is 13.1. The number of fused-ring (bicyclic) bond motifs is 1. The van der Waals surface area contributed by atoms with Gasteiger partial charge >= 0.3 is 5.69 Å². The molecule has 0 spiro atoms. The first-order chi connectivity index (χ1) is 17.8. The van der Waals surface area contributed by atoms with Crippen LogP contribution >= 0.6 is 0 Å². The number of benzene rings is 1. The molecule has 4 aliphatic heterocycles. The molecule has 5 heterocycles. The summed E-state index contributed by atoms with van der Waals surface area (Å²) in [4.78, 5) is 53.3. The molecule has 4 saturated heterocycles. The summed E-state index contributed by atoms with van der Waals surface area (Å²) in [6, 6.07) is 10.9. The molecule has 1 amide bonds. The van der Waals surface area contributed by atoms with Crippen molar-refractivity contribution in [1.82, 2.24) is 25.1 Å². The molecule has 4 aliphatic rings. The molecule has 3 unspecified atom stereocenters. The summed E-state index contributed by atoms with van der Waals surface area (Å²) in [6.07, 6.45) is 0.984. The Morgan fingerprint density at radius 3 is 2.22 bits per heavy atom. The fourth-order valence-electron chi connectivity index (χ4n) is 6.18. The molecule has 0 radical (unpaired) electrons. The molecule has 2 aromatic rings. The molecule has 200 valence electrons. The number of aromatic nitrogens is 2. The van der Waals surface area contributed by atoms with Crippen molar-refractivity contribution in [3.8, 4) is 0 Å². The summed E-state index contributed by atoms with van der Waals surface area (Å²) in [5, 5.41) is 17.2. The van der Waals surface area contributed by atoms with E-state index in [1.807, 2.05) is 13.8 Å². The van der Waals surface area contributed by atoms with Crippen molar-refractivity contribution in [3.05, 3.63) is 63.3 Å². The van der Waals surface area contributed by atoms with E-state index >= 15 is 0 Å². The summed E-state index contributed by atoms with van der Waals surface area (Å²) in [6.45, 7) is 9.54. The van der Waals surface area contributed by atoms with E-state index in [2.05, 4.69) is 55.4 Å². The number of carbonyl (C=O) groups excluding carboxylic acids is 1. The van der Waals surface area contributed by atoms with Gasteiger partial charge in [0.1, 0.15) is 0 Å². The second-order valence-electron chi connectivity index (χ2n) is 9.74. The van der Waals surface area contributed by atoms with E-state index in [0.29, 0.717) is 24.5 Å². The van der Waals surface area contributed by atoms with Gasteiger partial charge in [0.05, 0.1) is 0 Å². The van der Waals surface area contributed by atoms with Crippen molar-refractivity contribution in [2.24, 2.45) is 5.92 Å². The Labute approximate surface area is 215 Å². The van der Waals surface area contributed by atoms with Crippen molar-refractivity contribution in [2.45, 2.75) is 38.1 Å². The number of amides is 1. The number of carboxylic acid groups (broad SMARTS) is 2. The second kappa shape index (κ2) is 12.6. The number of hydrogen-bond donors (Lipinski definition) is 4. The van der Waals surface area contributed by atoms with Gasteiger partial charge < -0.3 is 30.3 Å². The molecule has 37 heavy (non-hydrogen) atoms. The molecular weight excluding hydrogens is 478 g/mol. The molecule has 1 aromatic carbocycles. The number of piperidine rings is 2. The van der Waals surface area contributed by atoms with Crippen LogP contribution in [0.4, 0.5) is 0 Å². The Hall–Kier alpha value is -3.57. The van der Waals surface area contributed by atoms with E-state index in [9.17, 15) is 9.59 Å². The van der Waals surface area contributed by atoms with E-state index in [-0.39, 0.29) is 36.0 Å². The molecule has 1 aromatic heterocycles. The van der Waals surface area contributed by atoms with Crippen molar-refractivity contribution in [2.75, 3.05) is 39.3 Å². The number of aromatic amines is 1. The molecule has 0 saturated carbocycles. The Bertz CT molecular complexity index is 1090. The minimum atomic E-state index is -0.331. The summed E-state index contributed by atoms with van der Waals surface area (Å²) in [5.41, 5.74) is 3.41. The zero-order valence-electron chi connectivity index (χ0n) is 21.2. The van der Waals surface area contributed by atoms with Gasteiger partial charge in [-0.05, 0) is 31.4 Å². The third-order valence-corrected chi connectivity index (χ3v) is 7.52. The van der Waals surface area contributed by atoms with Crippen LogP contribution in [0.2, 0.25) is 0 Å². The normalized spacial score (nSPS) is 27.0. The Morgan fingerprint density at radius 2 is 1.68 bits per heavy atom. The van der Waals surface area contributed by atoms with Gasteiger partial charge in [-0.1, -0.05) is 30.3 Å². The van der Waals surface area contributed by atoms with Crippen LogP contribution in [0.15, 0.2) is 35.1 Å². The lowest BCUT2D eigenvalue weighted by molar-refractivity contribution is -0.124. The highest BCUT2D eigenvalue weighted by molar-refractivity contribution is 5.77. The summed E-state index contributed by atoms with van der Waals surface area (Å²) in [7, 11) is 0. The maximum atomic E-state index is 13.1. The van der Waals surface area contributed by atoms with Gasteiger partial charge in [0, 0.05) is 74.5 Å². The number of hydrogen-bond acceptors (Lipinski definition) is 7. The lowest BCUT2D eigenvalue weighted by Crippen LogP contribution is -2.70. The van der Waals surface area contributed by atoms with Crippen LogP contribution in [0.5, 0.6) is 0 Å². The molecule has 0 aliphatic carbocycles. The van der Waals surface area contributed by atoms with Gasteiger partial charge in [-0.3, -0.25) is 14.4 Å². The van der Waals surface area contributed by atoms with Crippen LogP contribution < -0.4 is 11.0 Å². The Kier molecular flexibility index (Phi) is 9.54. The number of rotatable bonds is 5. The molecule has 11 nitrogen and oxygen atoms in total. The van der Waals surface area contributed by atoms with Crippen LogP contribution in [0.25, 0.3) is 0 Å². The zero-order valence-corrected chi connectivity index (χ0v) is 21.2. The van der Waals surface area contributed by atoms with Gasteiger partial charge in [0.25, 0.3) is 12.9 Å². The van der Waals surface area contributed by atoms with Crippen molar-refractivity contribution in [1.29, 1.82) is 0 Å². The highest BCUT2D eigenvalue weighted by Crippen LogP contribution is 2.43. The summed E-state index contributed by atoms with van der Waals surface area (Å²) in [5.74, 6) is 0.522. The van der Waals surface area contributed by atoms with Crippen LogP contribution in [-0.2, 0) is 26.2 Å². The average Bonchev–Trinajstić information content (AvgIpc) is 3.10. The van der Waals surface area contributed by atoms with E-state index in [1.54, 1.807) is 0 Å². The smallest absolute Gasteiger partial charge is 0.345 e. The van der Waals surface area contributed by atoms with E-state index in [4.69, 9.17) is 19.8 Å². The molecule has 4 fully saturated rings.